The van der Waals surface area contributed by atoms with E-state index in [4.69, 9.17) is 4.74 Å². The third-order valence-electron chi connectivity index (χ3n) is 3.76. The Morgan fingerprint density at radius 2 is 1.89 bits per heavy atom. The maximum Gasteiger partial charge on any atom is 0.134 e. The molecule has 1 fully saturated rings. The van der Waals surface area contributed by atoms with Crippen molar-refractivity contribution >= 4 is 26.7 Å². The summed E-state index contributed by atoms with van der Waals surface area (Å²) >= 11 is 3.67. The van der Waals surface area contributed by atoms with E-state index in [1.807, 2.05) is 0 Å². The van der Waals surface area contributed by atoms with E-state index in [-0.39, 0.29) is 0 Å². The third-order valence-corrected chi connectivity index (χ3v) is 4.58. The van der Waals surface area contributed by atoms with Gasteiger partial charge < -0.3 is 10.1 Å². The summed E-state index contributed by atoms with van der Waals surface area (Å²) in [6.45, 7) is 3.05. The Kier molecular flexibility index (Phi) is 4.04. The molecule has 0 saturated carbocycles. The topological polar surface area (TPSA) is 21.3 Å². The van der Waals surface area contributed by atoms with Gasteiger partial charge in [0, 0.05) is 0 Å². The molecule has 3 heteroatoms. The zero-order chi connectivity index (χ0) is 13.1. The van der Waals surface area contributed by atoms with Gasteiger partial charge in [-0.2, -0.15) is 0 Å². The number of hydrogen-bond acceptors (Lipinski definition) is 2. The molecule has 0 aliphatic carbocycles. The first kappa shape index (κ1) is 12.9. The maximum absolute atomic E-state index is 6.01. The Labute approximate surface area is 122 Å². The van der Waals surface area contributed by atoms with Crippen molar-refractivity contribution in [3.05, 3.63) is 40.9 Å². The van der Waals surface area contributed by atoms with Gasteiger partial charge in [0.05, 0.1) is 11.1 Å². The number of rotatable bonds is 3. The second-order valence-electron chi connectivity index (χ2n) is 5.10. The zero-order valence-corrected chi connectivity index (χ0v) is 12.4. The predicted molar refractivity (Wildman–Crippen MR) is 82.7 cm³/mol. The standard InChI is InChI=1S/C16H18BrNO/c17-16-14-4-2-1-3-13(14)5-6-15(16)19-11-12-7-9-18-10-8-12/h1-6,12,18H,7-11H2. The normalized spacial score (nSPS) is 16.7. The summed E-state index contributed by atoms with van der Waals surface area (Å²) in [7, 11) is 0. The van der Waals surface area contributed by atoms with Gasteiger partial charge in [0.2, 0.25) is 0 Å². The van der Waals surface area contributed by atoms with Crippen molar-refractivity contribution in [1.29, 1.82) is 0 Å². The minimum atomic E-state index is 0.680. The van der Waals surface area contributed by atoms with Crippen LogP contribution in [0.2, 0.25) is 0 Å². The van der Waals surface area contributed by atoms with Gasteiger partial charge in [-0.25, -0.2) is 0 Å². The summed E-state index contributed by atoms with van der Waals surface area (Å²) in [6, 6.07) is 12.5. The van der Waals surface area contributed by atoms with E-state index in [0.29, 0.717) is 5.92 Å². The second kappa shape index (κ2) is 5.93. The molecule has 2 aromatic rings. The molecule has 3 rings (SSSR count). The largest absolute Gasteiger partial charge is 0.492 e. The molecule has 1 aliphatic heterocycles. The molecule has 0 spiro atoms. The number of benzene rings is 2. The first-order valence-electron chi connectivity index (χ1n) is 6.85. The van der Waals surface area contributed by atoms with E-state index in [1.54, 1.807) is 0 Å². The lowest BCUT2D eigenvalue weighted by Crippen LogP contribution is -2.30. The highest BCUT2D eigenvalue weighted by Gasteiger charge is 2.14. The number of fused-ring (bicyclic) bond motifs is 1. The summed E-state index contributed by atoms with van der Waals surface area (Å²) in [5.41, 5.74) is 0. The lowest BCUT2D eigenvalue weighted by atomic mass is 9.99. The predicted octanol–water partition coefficient (Wildman–Crippen LogP) is 3.98. The molecule has 1 N–H and O–H groups in total. The average Bonchev–Trinajstić information content (AvgIpc) is 2.48. The minimum absolute atomic E-state index is 0.680. The van der Waals surface area contributed by atoms with E-state index in [1.165, 1.54) is 23.6 Å². The van der Waals surface area contributed by atoms with Crippen LogP contribution in [-0.2, 0) is 0 Å². The van der Waals surface area contributed by atoms with Crippen LogP contribution in [0.1, 0.15) is 12.8 Å². The molecule has 2 aromatic carbocycles. The maximum atomic E-state index is 6.01. The number of piperidine rings is 1. The Bertz CT molecular complexity index is 564. The van der Waals surface area contributed by atoms with Crippen molar-refractivity contribution in [2.24, 2.45) is 5.92 Å². The van der Waals surface area contributed by atoms with Crippen LogP contribution in [0.15, 0.2) is 40.9 Å². The summed E-state index contributed by atoms with van der Waals surface area (Å²) in [5, 5.41) is 5.84. The molecule has 0 bridgehead atoms. The van der Waals surface area contributed by atoms with Crippen LogP contribution in [0.5, 0.6) is 5.75 Å². The Morgan fingerprint density at radius 1 is 1.11 bits per heavy atom. The molecular formula is C16H18BrNO. The number of hydrogen-bond donors (Lipinski definition) is 1. The SMILES string of the molecule is Brc1c(OCC2CCNCC2)ccc2ccccc12. The number of nitrogens with one attached hydrogen (secondary N) is 1. The van der Waals surface area contributed by atoms with Crippen LogP contribution in [0.25, 0.3) is 10.8 Å². The second-order valence-corrected chi connectivity index (χ2v) is 5.90. The highest BCUT2D eigenvalue weighted by molar-refractivity contribution is 9.10. The lowest BCUT2D eigenvalue weighted by molar-refractivity contribution is 0.214. The van der Waals surface area contributed by atoms with Crippen LogP contribution in [0, 0.1) is 5.92 Å². The highest BCUT2D eigenvalue weighted by Crippen LogP contribution is 2.33. The zero-order valence-electron chi connectivity index (χ0n) is 10.9. The highest BCUT2D eigenvalue weighted by atomic mass is 79.9. The Morgan fingerprint density at radius 3 is 2.74 bits per heavy atom. The first-order chi connectivity index (χ1) is 9.34. The average molecular weight is 320 g/mol. The van der Waals surface area contributed by atoms with Gasteiger partial charge in [0.25, 0.3) is 0 Å². The molecule has 0 amide bonds. The lowest BCUT2D eigenvalue weighted by Gasteiger charge is -2.23. The summed E-state index contributed by atoms with van der Waals surface area (Å²) in [6.07, 6.45) is 2.43. The van der Waals surface area contributed by atoms with Crippen LogP contribution >= 0.6 is 15.9 Å². The molecule has 0 radical (unpaired) electrons. The van der Waals surface area contributed by atoms with E-state index in [2.05, 4.69) is 57.6 Å². The Hall–Kier alpha value is -1.06. The van der Waals surface area contributed by atoms with Gasteiger partial charge in [0.1, 0.15) is 5.75 Å². The van der Waals surface area contributed by atoms with Crippen LogP contribution in [0.3, 0.4) is 0 Å². The molecule has 19 heavy (non-hydrogen) atoms. The molecular weight excluding hydrogens is 302 g/mol. The fraction of sp³-hybridized carbons (Fsp3) is 0.375. The Balaban J connectivity index is 1.75. The van der Waals surface area contributed by atoms with E-state index >= 15 is 0 Å². The molecule has 100 valence electrons. The van der Waals surface area contributed by atoms with Crippen molar-refractivity contribution in [3.8, 4) is 5.75 Å². The molecule has 0 atom stereocenters. The van der Waals surface area contributed by atoms with Crippen molar-refractivity contribution in [2.75, 3.05) is 19.7 Å². The first-order valence-corrected chi connectivity index (χ1v) is 7.64. The minimum Gasteiger partial charge on any atom is -0.492 e. The van der Waals surface area contributed by atoms with Gasteiger partial charge in [-0.3, -0.25) is 0 Å². The molecule has 1 aliphatic rings. The summed E-state index contributed by atoms with van der Waals surface area (Å²) < 4.78 is 7.08. The summed E-state index contributed by atoms with van der Waals surface area (Å²) in [4.78, 5) is 0. The monoisotopic (exact) mass is 319 g/mol. The number of ether oxygens (including phenoxy) is 1. The molecule has 1 heterocycles. The van der Waals surface area contributed by atoms with Crippen LogP contribution in [-0.4, -0.2) is 19.7 Å². The van der Waals surface area contributed by atoms with Crippen LogP contribution in [0.4, 0.5) is 0 Å². The van der Waals surface area contributed by atoms with Gasteiger partial charge in [-0.15, -0.1) is 0 Å². The molecule has 2 nitrogen and oxygen atoms in total. The van der Waals surface area contributed by atoms with Gasteiger partial charge in [0.15, 0.2) is 0 Å². The fourth-order valence-corrected chi connectivity index (χ4v) is 3.19. The fourth-order valence-electron chi connectivity index (χ4n) is 2.58. The molecule has 1 saturated heterocycles. The van der Waals surface area contributed by atoms with Crippen molar-refractivity contribution < 1.29 is 4.74 Å². The van der Waals surface area contributed by atoms with Crippen molar-refractivity contribution in [2.45, 2.75) is 12.8 Å². The van der Waals surface area contributed by atoms with Gasteiger partial charge in [-0.05, 0) is 64.6 Å². The number of halogens is 1. The smallest absolute Gasteiger partial charge is 0.134 e. The quantitative estimate of drug-likeness (QED) is 0.923. The summed E-state index contributed by atoms with van der Waals surface area (Å²) in [5.74, 6) is 1.64. The van der Waals surface area contributed by atoms with E-state index in [9.17, 15) is 0 Å². The molecule has 0 unspecified atom stereocenters. The van der Waals surface area contributed by atoms with Crippen LogP contribution < -0.4 is 10.1 Å². The van der Waals surface area contributed by atoms with Crippen molar-refractivity contribution in [3.63, 3.8) is 0 Å². The van der Waals surface area contributed by atoms with E-state index in [0.717, 1.165) is 29.9 Å². The van der Waals surface area contributed by atoms with Crippen molar-refractivity contribution in [1.82, 2.24) is 5.32 Å². The third kappa shape index (κ3) is 2.93. The van der Waals surface area contributed by atoms with Gasteiger partial charge >= 0.3 is 0 Å². The van der Waals surface area contributed by atoms with Gasteiger partial charge in [-0.1, -0.05) is 30.3 Å². The van der Waals surface area contributed by atoms with E-state index < -0.39 is 0 Å². The molecule has 0 aromatic heterocycles.